The number of anilines is 2. The number of imidazole rings is 1. The predicted molar refractivity (Wildman–Crippen MR) is 184 cm³/mol. The second kappa shape index (κ2) is 16.4. The van der Waals surface area contributed by atoms with Crippen LogP contribution in [0.4, 0.5) is 17.6 Å². The maximum atomic E-state index is 14.6. The Morgan fingerprint density at radius 2 is 1.36 bits per heavy atom. The Bertz CT molecular complexity index is 2060. The molecule has 8 atom stereocenters. The molecular formula is C30H37N10O14P. The zero-order valence-electron chi connectivity index (χ0n) is 28.8. The molecule has 8 N–H and O–H groups in total. The van der Waals surface area contributed by atoms with Gasteiger partial charge in [-0.2, -0.15) is 19.7 Å². The molecule has 0 radical (unpaired) electrons. The minimum absolute atomic E-state index is 0.0995. The maximum Gasteiger partial charge on any atom is 0.491 e. The molecule has 55 heavy (non-hydrogen) atoms. The molecular weight excluding hydrogens is 755 g/mol. The van der Waals surface area contributed by atoms with Crippen molar-refractivity contribution in [1.82, 2.24) is 33.7 Å². The number of hydrogen-bond donors (Lipinski definition) is 6. The number of aliphatic hydroxyl groups excluding tert-OH is 4. The third kappa shape index (κ3) is 8.79. The van der Waals surface area contributed by atoms with Gasteiger partial charge in [0.15, 0.2) is 12.5 Å². The Hall–Kier alpha value is -4.98. The van der Waals surface area contributed by atoms with E-state index in [0.29, 0.717) is 5.56 Å². The Balaban J connectivity index is 1.26. The van der Waals surface area contributed by atoms with Crippen molar-refractivity contribution >= 4 is 25.4 Å². The van der Waals surface area contributed by atoms with Crippen molar-refractivity contribution in [3.63, 3.8) is 0 Å². The summed E-state index contributed by atoms with van der Waals surface area (Å²) in [5.41, 5.74) is 10.2. The lowest BCUT2D eigenvalue weighted by Gasteiger charge is -2.28. The van der Waals surface area contributed by atoms with E-state index in [4.69, 9.17) is 34.6 Å². The van der Waals surface area contributed by atoms with Gasteiger partial charge in [-0.25, -0.2) is 18.7 Å². The average molecular weight is 793 g/mol. The number of benzene rings is 1. The van der Waals surface area contributed by atoms with Gasteiger partial charge in [-0.1, -0.05) is 35.3 Å². The second-order valence-corrected chi connectivity index (χ2v) is 14.0. The summed E-state index contributed by atoms with van der Waals surface area (Å²) in [6.45, 7) is -1.96. The van der Waals surface area contributed by atoms with Crippen LogP contribution in [0.1, 0.15) is 23.7 Å². The van der Waals surface area contributed by atoms with Gasteiger partial charge in [-0.3, -0.25) is 18.2 Å². The van der Waals surface area contributed by atoms with Gasteiger partial charge in [0, 0.05) is 12.4 Å². The molecule has 6 rings (SSSR count). The number of rotatable bonds is 15. The highest BCUT2D eigenvalue weighted by Crippen LogP contribution is 2.52. The number of aromatic nitrogens is 6. The first-order valence-electron chi connectivity index (χ1n) is 16.4. The van der Waals surface area contributed by atoms with E-state index in [-0.39, 0.29) is 30.4 Å². The number of nitrogen functional groups attached to an aromatic ring is 2. The van der Waals surface area contributed by atoms with Crippen molar-refractivity contribution in [2.45, 2.75) is 62.2 Å². The number of nitrogens with two attached hydrogens (primary N) is 2. The molecule has 4 aromatic rings. The van der Waals surface area contributed by atoms with Crippen molar-refractivity contribution in [1.29, 1.82) is 0 Å². The second-order valence-electron chi connectivity index (χ2n) is 12.4. The van der Waals surface area contributed by atoms with Crippen molar-refractivity contribution in [3.05, 3.63) is 103 Å². The molecule has 0 bridgehead atoms. The first-order valence-corrected chi connectivity index (χ1v) is 17.9. The van der Waals surface area contributed by atoms with E-state index in [9.17, 15) is 44.7 Å². The maximum absolute atomic E-state index is 14.6. The zero-order valence-corrected chi connectivity index (χ0v) is 29.7. The first-order chi connectivity index (χ1) is 26.1. The van der Waals surface area contributed by atoms with Gasteiger partial charge in [-0.05, 0) is 22.6 Å². The Kier molecular flexibility index (Phi) is 11.8. The first kappa shape index (κ1) is 39.7. The van der Waals surface area contributed by atoms with Gasteiger partial charge in [-0.15, -0.1) is 0 Å². The largest absolute Gasteiger partial charge is 0.491 e. The number of phosphoric ester groups is 1. The van der Waals surface area contributed by atoms with Gasteiger partial charge in [0.05, 0.1) is 33.4 Å². The molecule has 0 unspecified atom stereocenters. The van der Waals surface area contributed by atoms with Gasteiger partial charge >= 0.3 is 25.2 Å². The molecule has 25 heteroatoms. The zero-order chi connectivity index (χ0) is 39.6. The van der Waals surface area contributed by atoms with Crippen LogP contribution >= 0.6 is 7.82 Å². The summed E-state index contributed by atoms with van der Waals surface area (Å²) in [6, 6.07) is 11.2. The fourth-order valence-electron chi connectivity index (χ4n) is 5.82. The summed E-state index contributed by atoms with van der Waals surface area (Å²) in [5, 5.41) is 55.8. The molecule has 2 aliphatic rings. The van der Waals surface area contributed by atoms with Crippen LogP contribution in [0.3, 0.4) is 0 Å². The number of ether oxygens (including phenoxy) is 2. The molecule has 0 saturated carbocycles. The lowest BCUT2D eigenvalue weighted by Crippen LogP contribution is -2.36. The number of nitrogens with zero attached hydrogens (tertiary/aromatic N) is 8. The minimum Gasteiger partial charge on any atom is -0.390 e. The van der Waals surface area contributed by atoms with Crippen molar-refractivity contribution in [3.8, 4) is 0 Å². The van der Waals surface area contributed by atoms with Crippen LogP contribution in [-0.2, 0) is 47.8 Å². The van der Waals surface area contributed by atoms with Gasteiger partial charge in [0.1, 0.15) is 60.2 Å². The van der Waals surface area contributed by atoms with Crippen LogP contribution in [0.5, 0.6) is 0 Å². The molecule has 5 heterocycles. The van der Waals surface area contributed by atoms with E-state index in [0.717, 1.165) is 14.2 Å². The smallest absolute Gasteiger partial charge is 0.390 e. The van der Waals surface area contributed by atoms with Crippen LogP contribution in [0.25, 0.3) is 0 Å². The molecule has 3 aromatic heterocycles. The molecule has 1 aromatic carbocycles. The van der Waals surface area contributed by atoms with Crippen molar-refractivity contribution in [2.24, 2.45) is 7.05 Å². The molecule has 2 saturated heterocycles. The third-order valence-corrected chi connectivity index (χ3v) is 10.1. The van der Waals surface area contributed by atoms with Crippen LogP contribution in [-0.4, -0.2) is 109 Å². The summed E-state index contributed by atoms with van der Waals surface area (Å²) in [6.07, 6.45) is -9.03. The Morgan fingerprint density at radius 1 is 0.855 bits per heavy atom. The van der Waals surface area contributed by atoms with Crippen molar-refractivity contribution < 1.29 is 53.1 Å². The SMILES string of the molecule is Cn1c(CN(Cc2ccccc2)OP(=O)(OC[C@H]2O[C@@H](n3ccc(N)nc3=O)[C@@H](O)[C@@H]2O)OC[C@H]2O[C@@H](n3ccc(N)nc3=O)[C@@H](O)[C@@H]2O)cnc1[N+](=O)[O-]. The highest BCUT2D eigenvalue weighted by molar-refractivity contribution is 7.48. The van der Waals surface area contributed by atoms with Crippen LogP contribution < -0.4 is 22.8 Å². The van der Waals surface area contributed by atoms with E-state index in [1.165, 1.54) is 42.3 Å². The quantitative estimate of drug-likeness (QED) is 0.0445. The number of hydroxylamine groups is 2. The van der Waals surface area contributed by atoms with E-state index >= 15 is 0 Å². The lowest BCUT2D eigenvalue weighted by atomic mass is 10.1. The number of hydrogen-bond acceptors (Lipinski definition) is 20. The Morgan fingerprint density at radius 3 is 1.82 bits per heavy atom. The fourth-order valence-corrected chi connectivity index (χ4v) is 7.05. The molecule has 2 aliphatic heterocycles. The summed E-state index contributed by atoms with van der Waals surface area (Å²) in [4.78, 5) is 46.7. The normalized spacial score (nSPS) is 25.5. The molecule has 0 spiro atoms. The van der Waals surface area contributed by atoms with Crippen molar-refractivity contribution in [2.75, 3.05) is 24.7 Å². The Labute approximate surface area is 309 Å². The molecule has 24 nitrogen and oxygen atoms in total. The lowest BCUT2D eigenvalue weighted by molar-refractivity contribution is -0.396. The molecule has 0 amide bonds. The summed E-state index contributed by atoms with van der Waals surface area (Å²) in [5.74, 6) is -0.688. The topological polar surface area (TPSA) is 330 Å². The molecule has 296 valence electrons. The monoisotopic (exact) mass is 792 g/mol. The average Bonchev–Trinajstić information content (AvgIpc) is 3.74. The van der Waals surface area contributed by atoms with Gasteiger partial charge in [0.2, 0.25) is 0 Å². The fraction of sp³-hybridized carbons (Fsp3) is 0.433. The summed E-state index contributed by atoms with van der Waals surface area (Å²) < 4.78 is 46.1. The number of nitro groups is 1. The highest BCUT2D eigenvalue weighted by atomic mass is 31.2. The van der Waals surface area contributed by atoms with E-state index in [1.54, 1.807) is 30.3 Å². The molecule has 2 fully saturated rings. The third-order valence-electron chi connectivity index (χ3n) is 8.70. The van der Waals surface area contributed by atoms with Crippen LogP contribution in [0.15, 0.2) is 70.6 Å². The van der Waals surface area contributed by atoms with E-state index in [1.807, 2.05) is 0 Å². The van der Waals surface area contributed by atoms with Gasteiger partial charge in [0.25, 0.3) is 0 Å². The summed E-state index contributed by atoms with van der Waals surface area (Å²) in [7, 11) is -3.58. The number of phosphoric acid groups is 1. The summed E-state index contributed by atoms with van der Waals surface area (Å²) >= 11 is 0. The standard InChI is InChI=1S/C30H37N10O14P/c1-36-17(11-33-28(36)40(47)48)13-37(12-16-5-3-2-4-6-16)54-55(49,50-14-18-22(41)24(43)26(52-18)38-9-7-20(31)34-29(38)45)51-15-19-23(42)25(44)27(53-19)39-10-8-21(32)35-30(39)46/h2-11,18-19,22-27,41-44H,12-15H2,1H3,(H2,31,34,45)(H2,32,35,46)/t18-,19-,22-,23-,24+,25+,26-,27-/m1/s1. The van der Waals surface area contributed by atoms with Crippen LogP contribution in [0, 0.1) is 10.1 Å². The van der Waals surface area contributed by atoms with Gasteiger partial charge < -0.3 is 51.5 Å². The van der Waals surface area contributed by atoms with E-state index in [2.05, 4.69) is 15.0 Å². The minimum atomic E-state index is -4.97. The van der Waals surface area contributed by atoms with Crippen LogP contribution in [0.2, 0.25) is 0 Å². The van der Waals surface area contributed by atoms with E-state index < -0.39 is 92.4 Å². The highest BCUT2D eigenvalue weighted by Gasteiger charge is 2.48. The molecule has 0 aliphatic carbocycles. The predicted octanol–water partition coefficient (Wildman–Crippen LogP) is -1.68. The number of aliphatic hydroxyl groups is 4.